The lowest BCUT2D eigenvalue weighted by Gasteiger charge is -2.20. The third-order valence-electron chi connectivity index (χ3n) is 2.26. The first-order valence-corrected chi connectivity index (χ1v) is 5.18. The number of nitrogens with zero attached hydrogens (tertiary/aromatic N) is 1. The number of rotatable bonds is 5. The van der Waals surface area contributed by atoms with Crippen LogP contribution in [0.3, 0.4) is 0 Å². The lowest BCUT2D eigenvalue weighted by molar-refractivity contribution is -0.142. The van der Waals surface area contributed by atoms with Crippen LogP contribution in [0.5, 0.6) is 5.75 Å². The third kappa shape index (κ3) is 2.97. The minimum Gasteiger partial charge on any atom is -0.494 e. The monoisotopic (exact) mass is 223 g/mol. The van der Waals surface area contributed by atoms with Gasteiger partial charge in [-0.05, 0) is 38.7 Å². The van der Waals surface area contributed by atoms with Crippen molar-refractivity contribution in [1.82, 2.24) is 4.90 Å². The quantitative estimate of drug-likeness (QED) is 0.826. The maximum atomic E-state index is 11.1. The molecular weight excluding hydrogens is 206 g/mol. The molecule has 0 aliphatic rings. The Labute approximate surface area is 95.5 Å². The van der Waals surface area contributed by atoms with Crippen molar-refractivity contribution in [2.75, 3.05) is 20.7 Å². The van der Waals surface area contributed by atoms with Crippen molar-refractivity contribution in [3.8, 4) is 5.75 Å². The number of carboxylic acid groups (broad SMARTS) is 1. The lowest BCUT2D eigenvalue weighted by Crippen LogP contribution is -2.27. The molecule has 1 aromatic rings. The summed E-state index contributed by atoms with van der Waals surface area (Å²) in [5, 5.41) is 9.10. The largest absolute Gasteiger partial charge is 0.494 e. The number of hydrogen-bond acceptors (Lipinski definition) is 3. The van der Waals surface area contributed by atoms with E-state index in [1.807, 2.05) is 6.92 Å². The Morgan fingerprint density at radius 2 is 1.94 bits per heavy atom. The van der Waals surface area contributed by atoms with Crippen molar-refractivity contribution in [3.63, 3.8) is 0 Å². The highest BCUT2D eigenvalue weighted by Crippen LogP contribution is 2.21. The fraction of sp³-hybridized carbons (Fsp3) is 0.417. The molecule has 88 valence electrons. The van der Waals surface area contributed by atoms with E-state index in [4.69, 9.17) is 9.84 Å². The van der Waals surface area contributed by atoms with Gasteiger partial charge in [-0.1, -0.05) is 12.1 Å². The maximum absolute atomic E-state index is 11.1. The summed E-state index contributed by atoms with van der Waals surface area (Å²) in [6.45, 7) is 2.52. The smallest absolute Gasteiger partial charge is 0.325 e. The van der Waals surface area contributed by atoms with Crippen LogP contribution in [0.25, 0.3) is 0 Å². The molecule has 16 heavy (non-hydrogen) atoms. The predicted molar refractivity (Wildman–Crippen MR) is 61.7 cm³/mol. The minimum absolute atomic E-state index is 0.607. The number of aliphatic carboxylic acids is 1. The number of hydrogen-bond donors (Lipinski definition) is 1. The van der Waals surface area contributed by atoms with Crippen LogP contribution >= 0.6 is 0 Å². The average molecular weight is 223 g/mol. The van der Waals surface area contributed by atoms with Gasteiger partial charge in [0.1, 0.15) is 11.8 Å². The van der Waals surface area contributed by atoms with E-state index in [0.29, 0.717) is 6.61 Å². The van der Waals surface area contributed by atoms with Gasteiger partial charge in [-0.25, -0.2) is 0 Å². The molecule has 0 saturated carbocycles. The normalized spacial score (nSPS) is 12.5. The van der Waals surface area contributed by atoms with Gasteiger partial charge in [0.15, 0.2) is 0 Å². The van der Waals surface area contributed by atoms with Crippen LogP contribution in [0, 0.1) is 0 Å². The molecule has 0 aliphatic heterocycles. The maximum Gasteiger partial charge on any atom is 0.325 e. The summed E-state index contributed by atoms with van der Waals surface area (Å²) >= 11 is 0. The summed E-state index contributed by atoms with van der Waals surface area (Å²) in [5.74, 6) is -0.0942. The van der Waals surface area contributed by atoms with E-state index in [2.05, 4.69) is 0 Å². The molecule has 0 heterocycles. The van der Waals surface area contributed by atoms with Crippen LogP contribution in [0.1, 0.15) is 18.5 Å². The first-order chi connectivity index (χ1) is 7.56. The van der Waals surface area contributed by atoms with Crippen LogP contribution < -0.4 is 4.74 Å². The second-order valence-corrected chi connectivity index (χ2v) is 3.71. The first kappa shape index (κ1) is 12.5. The van der Waals surface area contributed by atoms with E-state index in [9.17, 15) is 4.79 Å². The summed E-state index contributed by atoms with van der Waals surface area (Å²) < 4.78 is 5.30. The number of carbonyl (C=O) groups is 1. The van der Waals surface area contributed by atoms with Crippen molar-refractivity contribution in [2.45, 2.75) is 13.0 Å². The zero-order valence-electron chi connectivity index (χ0n) is 9.80. The fourth-order valence-electron chi connectivity index (χ4n) is 1.57. The summed E-state index contributed by atoms with van der Waals surface area (Å²) in [6, 6.07) is 6.53. The molecule has 1 aromatic carbocycles. The zero-order valence-corrected chi connectivity index (χ0v) is 9.80. The summed E-state index contributed by atoms with van der Waals surface area (Å²) in [6.07, 6.45) is 0. The van der Waals surface area contributed by atoms with E-state index < -0.39 is 12.0 Å². The Balaban J connectivity index is 2.90. The van der Waals surface area contributed by atoms with Gasteiger partial charge in [0.25, 0.3) is 0 Å². The predicted octanol–water partition coefficient (Wildman–Crippen LogP) is 1.77. The van der Waals surface area contributed by atoms with E-state index in [1.165, 1.54) is 0 Å². The summed E-state index contributed by atoms with van der Waals surface area (Å²) in [5.41, 5.74) is 0.751. The first-order valence-electron chi connectivity index (χ1n) is 5.18. The third-order valence-corrected chi connectivity index (χ3v) is 2.26. The Bertz CT molecular complexity index is 346. The fourth-order valence-corrected chi connectivity index (χ4v) is 1.57. The van der Waals surface area contributed by atoms with Crippen LogP contribution in [-0.2, 0) is 4.79 Å². The summed E-state index contributed by atoms with van der Waals surface area (Å²) in [4.78, 5) is 12.7. The second-order valence-electron chi connectivity index (χ2n) is 3.71. The molecule has 0 fully saturated rings. The van der Waals surface area contributed by atoms with E-state index in [0.717, 1.165) is 11.3 Å². The Morgan fingerprint density at radius 1 is 1.38 bits per heavy atom. The molecule has 1 rings (SSSR count). The molecule has 0 radical (unpaired) electrons. The SMILES string of the molecule is CCOc1ccc(C(C(=O)O)N(C)C)cc1. The number of ether oxygens (including phenoxy) is 1. The molecular formula is C12H17NO3. The molecule has 0 saturated heterocycles. The lowest BCUT2D eigenvalue weighted by atomic mass is 10.1. The number of likely N-dealkylation sites (N-methyl/N-ethyl adjacent to an activating group) is 1. The van der Waals surface area contributed by atoms with Gasteiger partial charge in [0, 0.05) is 0 Å². The van der Waals surface area contributed by atoms with Crippen LogP contribution in [0.15, 0.2) is 24.3 Å². The standard InChI is InChI=1S/C12H17NO3/c1-4-16-10-7-5-9(6-8-10)11(12(14)15)13(2)3/h5-8,11H,4H2,1-3H3,(H,14,15). The van der Waals surface area contributed by atoms with Gasteiger partial charge in [-0.3, -0.25) is 9.69 Å². The van der Waals surface area contributed by atoms with Crippen molar-refractivity contribution in [3.05, 3.63) is 29.8 Å². The Morgan fingerprint density at radius 3 is 2.31 bits per heavy atom. The van der Waals surface area contributed by atoms with Gasteiger partial charge >= 0.3 is 5.97 Å². The van der Waals surface area contributed by atoms with Crippen molar-refractivity contribution in [2.24, 2.45) is 0 Å². The molecule has 1 N–H and O–H groups in total. The van der Waals surface area contributed by atoms with Crippen LogP contribution in [0.2, 0.25) is 0 Å². The molecule has 0 amide bonds. The van der Waals surface area contributed by atoms with Crippen LogP contribution in [0.4, 0.5) is 0 Å². The van der Waals surface area contributed by atoms with Gasteiger partial charge in [0.2, 0.25) is 0 Å². The highest BCUT2D eigenvalue weighted by Gasteiger charge is 2.21. The van der Waals surface area contributed by atoms with Crippen molar-refractivity contribution < 1.29 is 14.6 Å². The van der Waals surface area contributed by atoms with E-state index in [1.54, 1.807) is 43.3 Å². The molecule has 4 nitrogen and oxygen atoms in total. The zero-order chi connectivity index (χ0) is 12.1. The number of carboxylic acids is 1. The highest BCUT2D eigenvalue weighted by molar-refractivity contribution is 5.75. The Kier molecular flexibility index (Phi) is 4.31. The molecule has 1 atom stereocenters. The van der Waals surface area contributed by atoms with Crippen molar-refractivity contribution in [1.29, 1.82) is 0 Å². The molecule has 4 heteroatoms. The van der Waals surface area contributed by atoms with Gasteiger partial charge < -0.3 is 9.84 Å². The van der Waals surface area contributed by atoms with E-state index >= 15 is 0 Å². The molecule has 0 bridgehead atoms. The molecule has 0 aliphatic carbocycles. The van der Waals surface area contributed by atoms with Crippen LogP contribution in [-0.4, -0.2) is 36.7 Å². The topological polar surface area (TPSA) is 49.8 Å². The molecule has 0 aromatic heterocycles. The molecule has 0 spiro atoms. The second kappa shape index (κ2) is 5.51. The number of benzene rings is 1. The van der Waals surface area contributed by atoms with Gasteiger partial charge in [-0.15, -0.1) is 0 Å². The minimum atomic E-state index is -0.853. The molecule has 1 unspecified atom stereocenters. The van der Waals surface area contributed by atoms with E-state index in [-0.39, 0.29) is 0 Å². The van der Waals surface area contributed by atoms with Gasteiger partial charge in [-0.2, -0.15) is 0 Å². The van der Waals surface area contributed by atoms with Gasteiger partial charge in [0.05, 0.1) is 6.61 Å². The Hall–Kier alpha value is -1.55. The average Bonchev–Trinajstić information content (AvgIpc) is 2.20. The summed E-state index contributed by atoms with van der Waals surface area (Å²) in [7, 11) is 3.49. The highest BCUT2D eigenvalue weighted by atomic mass is 16.5. The van der Waals surface area contributed by atoms with Crippen molar-refractivity contribution >= 4 is 5.97 Å².